The van der Waals surface area contributed by atoms with Crippen LogP contribution in [0.3, 0.4) is 0 Å². The summed E-state index contributed by atoms with van der Waals surface area (Å²) in [6.45, 7) is 0. The lowest BCUT2D eigenvalue weighted by Gasteiger charge is -1.97. The van der Waals surface area contributed by atoms with E-state index >= 15 is 0 Å². The minimum absolute atomic E-state index is 0.265. The Morgan fingerprint density at radius 2 is 2.15 bits per heavy atom. The topological polar surface area (TPSA) is 43.1 Å². The average molecular weight is 235 g/mol. The highest BCUT2D eigenvalue weighted by molar-refractivity contribution is 7.98. The maximum atomic E-state index is 5.83. The van der Waals surface area contributed by atoms with Gasteiger partial charge in [0.2, 0.25) is 5.28 Å². The van der Waals surface area contributed by atoms with E-state index in [-0.39, 0.29) is 5.28 Å². The van der Waals surface area contributed by atoms with Crippen LogP contribution in [0.5, 0.6) is 0 Å². The third-order valence-electron chi connectivity index (χ3n) is 1.42. The molecule has 0 saturated carbocycles. The van der Waals surface area contributed by atoms with Crippen LogP contribution in [-0.4, -0.2) is 25.8 Å². The van der Waals surface area contributed by atoms with Gasteiger partial charge in [-0.1, -0.05) is 23.4 Å². The minimum Gasteiger partial charge on any atom is -0.203 e. The quantitative estimate of drug-likeness (QED) is 0.710. The summed E-state index contributed by atoms with van der Waals surface area (Å²) in [6, 6.07) is 1.63. The Bertz CT molecular complexity index is 455. The number of nitrogens with zero attached hydrogens (tertiary/aromatic N) is 4. The van der Waals surface area contributed by atoms with E-state index in [9.17, 15) is 0 Å². The molecular formula is C6H4Cl2N4S. The van der Waals surface area contributed by atoms with Gasteiger partial charge >= 0.3 is 0 Å². The molecule has 0 atom stereocenters. The first-order chi connectivity index (χ1) is 6.20. The highest BCUT2D eigenvalue weighted by Gasteiger charge is 2.07. The van der Waals surface area contributed by atoms with Crippen LogP contribution in [0.25, 0.3) is 5.65 Å². The molecule has 2 heterocycles. The van der Waals surface area contributed by atoms with Crippen LogP contribution in [0.2, 0.25) is 10.4 Å². The van der Waals surface area contributed by atoms with Crippen molar-refractivity contribution in [2.24, 2.45) is 0 Å². The van der Waals surface area contributed by atoms with Crippen molar-refractivity contribution >= 4 is 40.6 Å². The van der Waals surface area contributed by atoms with E-state index in [2.05, 4.69) is 15.1 Å². The minimum atomic E-state index is 0.265. The fourth-order valence-corrected chi connectivity index (χ4v) is 1.69. The third kappa shape index (κ3) is 1.59. The molecule has 0 amide bonds. The Labute approximate surface area is 88.3 Å². The van der Waals surface area contributed by atoms with Crippen molar-refractivity contribution in [2.45, 2.75) is 5.16 Å². The second kappa shape index (κ2) is 3.32. The summed E-state index contributed by atoms with van der Waals surface area (Å²) in [5, 5.41) is 5.13. The normalized spacial score (nSPS) is 11.0. The first-order valence-corrected chi connectivity index (χ1v) is 5.31. The molecule has 0 aliphatic heterocycles. The summed E-state index contributed by atoms with van der Waals surface area (Å²) in [7, 11) is 0. The summed E-state index contributed by atoms with van der Waals surface area (Å²) in [5.74, 6) is 0. The Morgan fingerprint density at radius 3 is 2.85 bits per heavy atom. The van der Waals surface area contributed by atoms with Gasteiger partial charge in [-0.2, -0.15) is 14.6 Å². The summed E-state index contributed by atoms with van der Waals surface area (Å²) < 4.78 is 1.39. The Balaban J connectivity index is 2.75. The first-order valence-electron chi connectivity index (χ1n) is 3.33. The predicted molar refractivity (Wildman–Crippen MR) is 52.6 cm³/mol. The zero-order chi connectivity index (χ0) is 9.42. The molecule has 0 bridgehead atoms. The molecule has 0 aliphatic carbocycles. The Morgan fingerprint density at radius 1 is 1.38 bits per heavy atom. The van der Waals surface area contributed by atoms with E-state index in [1.165, 1.54) is 16.3 Å². The standard InChI is InChI=1S/C6H4Cl2N4S/c1-13-6-9-4-2-3(7)11-12(4)5(8)10-6/h2H,1H3. The highest BCUT2D eigenvalue weighted by Crippen LogP contribution is 2.17. The molecule has 0 saturated heterocycles. The number of thioether (sulfide) groups is 1. The second-order valence-corrected chi connectivity index (χ2v) is 3.72. The van der Waals surface area contributed by atoms with Gasteiger partial charge in [0, 0.05) is 6.07 Å². The van der Waals surface area contributed by atoms with Crippen LogP contribution in [0.1, 0.15) is 0 Å². The van der Waals surface area contributed by atoms with E-state index in [0.717, 1.165) is 0 Å². The van der Waals surface area contributed by atoms with Crippen molar-refractivity contribution in [2.75, 3.05) is 6.26 Å². The SMILES string of the molecule is CSc1nc(Cl)n2nc(Cl)cc2n1. The molecular weight excluding hydrogens is 231 g/mol. The summed E-state index contributed by atoms with van der Waals surface area (Å²) in [4.78, 5) is 8.15. The highest BCUT2D eigenvalue weighted by atomic mass is 35.5. The van der Waals surface area contributed by atoms with Gasteiger partial charge in [0.05, 0.1) is 0 Å². The molecule has 2 aromatic rings. The number of rotatable bonds is 1. The molecule has 13 heavy (non-hydrogen) atoms. The number of hydrogen-bond acceptors (Lipinski definition) is 4. The van der Waals surface area contributed by atoms with Gasteiger partial charge in [0.1, 0.15) is 0 Å². The molecule has 2 rings (SSSR count). The van der Waals surface area contributed by atoms with Crippen molar-refractivity contribution in [3.8, 4) is 0 Å². The van der Waals surface area contributed by atoms with E-state index in [1.54, 1.807) is 6.07 Å². The number of hydrogen-bond donors (Lipinski definition) is 0. The van der Waals surface area contributed by atoms with Crippen molar-refractivity contribution in [3.05, 3.63) is 16.5 Å². The molecule has 0 N–H and O–H groups in total. The molecule has 0 aromatic carbocycles. The largest absolute Gasteiger partial charge is 0.228 e. The first kappa shape index (κ1) is 9.05. The Kier molecular flexibility index (Phi) is 2.31. The lowest BCUT2D eigenvalue weighted by Crippen LogP contribution is -1.97. The second-order valence-electron chi connectivity index (χ2n) is 2.22. The van der Waals surface area contributed by atoms with Gasteiger partial charge in [-0.15, -0.1) is 0 Å². The van der Waals surface area contributed by atoms with E-state index in [4.69, 9.17) is 23.2 Å². The molecule has 0 fully saturated rings. The van der Waals surface area contributed by atoms with Crippen molar-refractivity contribution in [1.82, 2.24) is 19.6 Å². The summed E-state index contributed by atoms with van der Waals surface area (Å²) >= 11 is 12.9. The van der Waals surface area contributed by atoms with Gasteiger partial charge < -0.3 is 0 Å². The maximum absolute atomic E-state index is 5.83. The smallest absolute Gasteiger partial charge is 0.203 e. The number of halogens is 2. The van der Waals surface area contributed by atoms with Crippen LogP contribution in [-0.2, 0) is 0 Å². The van der Waals surface area contributed by atoms with Crippen LogP contribution >= 0.6 is 35.0 Å². The zero-order valence-electron chi connectivity index (χ0n) is 6.53. The van der Waals surface area contributed by atoms with E-state index in [1.807, 2.05) is 6.26 Å². The van der Waals surface area contributed by atoms with E-state index < -0.39 is 0 Å². The molecule has 0 radical (unpaired) electrons. The van der Waals surface area contributed by atoms with Crippen LogP contribution < -0.4 is 0 Å². The number of fused-ring (bicyclic) bond motifs is 1. The van der Waals surface area contributed by atoms with Gasteiger partial charge in [0.25, 0.3) is 0 Å². The number of aromatic nitrogens is 4. The predicted octanol–water partition coefficient (Wildman–Crippen LogP) is 2.15. The van der Waals surface area contributed by atoms with Crippen LogP contribution in [0.4, 0.5) is 0 Å². The van der Waals surface area contributed by atoms with Gasteiger partial charge in [-0.25, -0.2) is 4.98 Å². The average Bonchev–Trinajstić information content (AvgIpc) is 2.46. The molecule has 68 valence electrons. The monoisotopic (exact) mass is 234 g/mol. The van der Waals surface area contributed by atoms with Crippen LogP contribution in [0, 0.1) is 0 Å². The molecule has 0 unspecified atom stereocenters. The van der Waals surface area contributed by atoms with Crippen molar-refractivity contribution < 1.29 is 0 Å². The molecule has 4 nitrogen and oxygen atoms in total. The molecule has 7 heteroatoms. The molecule has 0 spiro atoms. The fraction of sp³-hybridized carbons (Fsp3) is 0.167. The van der Waals surface area contributed by atoms with Crippen molar-refractivity contribution in [1.29, 1.82) is 0 Å². The van der Waals surface area contributed by atoms with Crippen LogP contribution in [0.15, 0.2) is 11.2 Å². The lowest BCUT2D eigenvalue weighted by molar-refractivity contribution is 0.836. The van der Waals surface area contributed by atoms with E-state index in [0.29, 0.717) is 16.0 Å². The third-order valence-corrected chi connectivity index (χ3v) is 2.39. The Hall–Kier alpha value is -0.520. The molecule has 2 aromatic heterocycles. The summed E-state index contributed by atoms with van der Waals surface area (Å²) in [5.41, 5.74) is 0.606. The van der Waals surface area contributed by atoms with Gasteiger partial charge in [-0.3, -0.25) is 0 Å². The zero-order valence-corrected chi connectivity index (χ0v) is 8.86. The molecule has 0 aliphatic rings. The van der Waals surface area contributed by atoms with Gasteiger partial charge in [-0.05, 0) is 17.9 Å². The lowest BCUT2D eigenvalue weighted by atomic mass is 10.7. The fourth-order valence-electron chi connectivity index (χ4n) is 0.899. The van der Waals surface area contributed by atoms with Gasteiger partial charge in [0.15, 0.2) is 16.0 Å². The van der Waals surface area contributed by atoms with Crippen molar-refractivity contribution in [3.63, 3.8) is 0 Å². The maximum Gasteiger partial charge on any atom is 0.228 e. The summed E-state index contributed by atoms with van der Waals surface area (Å²) in [6.07, 6.45) is 1.88.